The van der Waals surface area contributed by atoms with Gasteiger partial charge < -0.3 is 10.4 Å². The van der Waals surface area contributed by atoms with Crippen LogP contribution in [0.15, 0.2) is 115 Å². The van der Waals surface area contributed by atoms with E-state index in [9.17, 15) is 24.3 Å². The first-order chi connectivity index (χ1) is 19.4. The van der Waals surface area contributed by atoms with Crippen molar-refractivity contribution in [3.63, 3.8) is 0 Å². The van der Waals surface area contributed by atoms with Crippen molar-refractivity contribution in [1.82, 2.24) is 10.2 Å². The Morgan fingerprint density at radius 2 is 1.10 bits per heavy atom. The van der Waals surface area contributed by atoms with Gasteiger partial charge in [0.05, 0.1) is 15.9 Å². The number of carboxylic acid groups (broad SMARTS) is 1. The summed E-state index contributed by atoms with van der Waals surface area (Å²) in [7, 11) is 0. The fourth-order valence-electron chi connectivity index (χ4n) is 4.92. The zero-order chi connectivity index (χ0) is 28.1. The summed E-state index contributed by atoms with van der Waals surface area (Å²) in [5, 5.41) is 12.6. The van der Waals surface area contributed by atoms with Gasteiger partial charge in [0.15, 0.2) is 0 Å². The van der Waals surface area contributed by atoms with E-state index in [-0.39, 0.29) is 16.9 Å². The molecule has 200 valence electrons. The Balaban J connectivity index is 1.41. The quantitative estimate of drug-likeness (QED) is 0.221. The molecule has 1 aliphatic rings. The third-order valence-corrected chi connectivity index (χ3v) is 8.46. The molecule has 0 saturated heterocycles. The molecule has 1 atom stereocenters. The SMILES string of the molecule is O=C(CN1C(=O)c2ccccc2C1=O)NC(CSC(c1ccccc1)(c1ccccc1)c1ccccc1)C(=O)O. The molecule has 1 aliphatic heterocycles. The summed E-state index contributed by atoms with van der Waals surface area (Å²) in [4.78, 5) is 51.5. The summed E-state index contributed by atoms with van der Waals surface area (Å²) < 4.78 is -0.773. The maximum absolute atomic E-state index is 13.0. The van der Waals surface area contributed by atoms with Crippen LogP contribution in [0.4, 0.5) is 0 Å². The highest BCUT2D eigenvalue weighted by Crippen LogP contribution is 2.48. The molecule has 0 bridgehead atoms. The van der Waals surface area contributed by atoms with Crippen LogP contribution in [-0.4, -0.2) is 52.0 Å². The Bertz CT molecular complexity index is 1410. The molecule has 4 aromatic rings. The van der Waals surface area contributed by atoms with Crippen LogP contribution in [-0.2, 0) is 14.3 Å². The highest BCUT2D eigenvalue weighted by molar-refractivity contribution is 8.00. The number of hydrogen-bond acceptors (Lipinski definition) is 5. The second-order valence-corrected chi connectivity index (χ2v) is 10.5. The van der Waals surface area contributed by atoms with Crippen LogP contribution in [0.1, 0.15) is 37.4 Å². The number of nitrogens with zero attached hydrogens (tertiary/aromatic N) is 1. The number of nitrogens with one attached hydrogen (secondary N) is 1. The molecule has 0 aliphatic carbocycles. The number of hydrogen-bond donors (Lipinski definition) is 2. The van der Waals surface area contributed by atoms with Gasteiger partial charge >= 0.3 is 5.97 Å². The van der Waals surface area contributed by atoms with Crippen LogP contribution < -0.4 is 5.32 Å². The molecule has 3 amide bonds. The van der Waals surface area contributed by atoms with Gasteiger partial charge in [0.2, 0.25) is 5.91 Å². The molecular weight excluding hydrogens is 524 g/mol. The number of thioether (sulfide) groups is 1. The van der Waals surface area contributed by atoms with E-state index in [2.05, 4.69) is 5.32 Å². The van der Waals surface area contributed by atoms with Crippen molar-refractivity contribution in [3.8, 4) is 0 Å². The van der Waals surface area contributed by atoms with Crippen LogP contribution >= 0.6 is 11.8 Å². The van der Waals surface area contributed by atoms with Crippen LogP contribution in [0.25, 0.3) is 0 Å². The summed E-state index contributed by atoms with van der Waals surface area (Å²) in [5.41, 5.74) is 3.32. The number of carbonyl (C=O) groups is 4. The van der Waals surface area contributed by atoms with Gasteiger partial charge in [0.25, 0.3) is 11.8 Å². The molecule has 40 heavy (non-hydrogen) atoms. The smallest absolute Gasteiger partial charge is 0.327 e. The number of aliphatic carboxylic acids is 1. The van der Waals surface area contributed by atoms with E-state index >= 15 is 0 Å². The van der Waals surface area contributed by atoms with Crippen LogP contribution in [0.5, 0.6) is 0 Å². The fraction of sp³-hybridized carbons (Fsp3) is 0.125. The normalized spacial score (nSPS) is 13.6. The minimum absolute atomic E-state index is 0.0157. The standard InChI is InChI=1S/C32H26N2O5S/c35-28(20-34-29(36)25-18-10-11-19-26(25)30(34)37)33-27(31(38)39)21-40-32(22-12-4-1-5-13-22,23-14-6-2-7-15-23)24-16-8-3-9-17-24/h1-19,27H,20-21H2,(H,33,35)(H,38,39). The van der Waals surface area contributed by atoms with Crippen LogP contribution in [0.2, 0.25) is 0 Å². The molecule has 1 heterocycles. The first-order valence-corrected chi connectivity index (χ1v) is 13.7. The summed E-state index contributed by atoms with van der Waals surface area (Å²) in [5.74, 6) is -3.08. The summed E-state index contributed by atoms with van der Waals surface area (Å²) in [6, 6.07) is 34.5. The van der Waals surface area contributed by atoms with Crippen molar-refractivity contribution >= 4 is 35.5 Å². The lowest BCUT2D eigenvalue weighted by Gasteiger charge is -2.36. The number of rotatable bonds is 10. The summed E-state index contributed by atoms with van der Waals surface area (Å²) in [6.45, 7) is -0.567. The molecule has 0 aromatic heterocycles. The minimum atomic E-state index is -1.27. The van der Waals surface area contributed by atoms with E-state index in [0.29, 0.717) is 0 Å². The van der Waals surface area contributed by atoms with E-state index in [1.54, 1.807) is 12.1 Å². The number of amides is 3. The number of carboxylic acids is 1. The van der Waals surface area contributed by atoms with Crippen molar-refractivity contribution < 1.29 is 24.3 Å². The van der Waals surface area contributed by atoms with E-state index < -0.39 is 41.0 Å². The van der Waals surface area contributed by atoms with Gasteiger partial charge in [-0.15, -0.1) is 11.8 Å². The Kier molecular flexibility index (Phi) is 7.79. The van der Waals surface area contributed by atoms with Crippen LogP contribution in [0.3, 0.4) is 0 Å². The molecule has 8 heteroatoms. The Morgan fingerprint density at radius 3 is 1.50 bits per heavy atom. The maximum Gasteiger partial charge on any atom is 0.327 e. The average Bonchev–Trinajstić information content (AvgIpc) is 3.23. The summed E-state index contributed by atoms with van der Waals surface area (Å²) >= 11 is 1.40. The van der Waals surface area contributed by atoms with Gasteiger partial charge in [-0.25, -0.2) is 4.79 Å². The maximum atomic E-state index is 13.0. The molecule has 1 unspecified atom stereocenters. The van der Waals surface area contributed by atoms with Gasteiger partial charge in [0.1, 0.15) is 12.6 Å². The van der Waals surface area contributed by atoms with Gasteiger partial charge in [-0.3, -0.25) is 19.3 Å². The summed E-state index contributed by atoms with van der Waals surface area (Å²) in [6.07, 6.45) is 0. The molecule has 2 N–H and O–H groups in total. The predicted molar refractivity (Wildman–Crippen MR) is 153 cm³/mol. The van der Waals surface area contributed by atoms with E-state index in [4.69, 9.17) is 0 Å². The first-order valence-electron chi connectivity index (χ1n) is 12.7. The second kappa shape index (κ2) is 11.6. The number of benzene rings is 4. The molecule has 0 fully saturated rings. The molecule has 0 spiro atoms. The monoisotopic (exact) mass is 550 g/mol. The average molecular weight is 551 g/mol. The number of fused-ring (bicyclic) bond motifs is 1. The number of carbonyl (C=O) groups excluding carboxylic acids is 3. The molecule has 4 aromatic carbocycles. The fourth-order valence-corrected chi connectivity index (χ4v) is 6.47. The van der Waals surface area contributed by atoms with Crippen molar-refractivity contribution in [3.05, 3.63) is 143 Å². The lowest BCUT2D eigenvalue weighted by atomic mass is 9.84. The first kappa shape index (κ1) is 26.9. The zero-order valence-electron chi connectivity index (χ0n) is 21.4. The van der Waals surface area contributed by atoms with E-state index in [1.165, 1.54) is 23.9 Å². The number of imide groups is 1. The predicted octanol–water partition coefficient (Wildman–Crippen LogP) is 4.58. The molecule has 5 rings (SSSR count). The Hall–Kier alpha value is -4.69. The van der Waals surface area contributed by atoms with Crippen molar-refractivity contribution in [1.29, 1.82) is 0 Å². The zero-order valence-corrected chi connectivity index (χ0v) is 22.2. The van der Waals surface area contributed by atoms with E-state index in [0.717, 1.165) is 21.6 Å². The van der Waals surface area contributed by atoms with E-state index in [1.807, 2.05) is 91.0 Å². The molecule has 0 radical (unpaired) electrons. The van der Waals surface area contributed by atoms with Crippen molar-refractivity contribution in [2.45, 2.75) is 10.8 Å². The topological polar surface area (TPSA) is 104 Å². The third-order valence-electron chi connectivity index (χ3n) is 6.82. The third kappa shape index (κ3) is 5.13. The molecule has 7 nitrogen and oxygen atoms in total. The minimum Gasteiger partial charge on any atom is -0.480 e. The van der Waals surface area contributed by atoms with Crippen molar-refractivity contribution in [2.75, 3.05) is 12.3 Å². The largest absolute Gasteiger partial charge is 0.480 e. The highest BCUT2D eigenvalue weighted by Gasteiger charge is 2.40. The molecule has 0 saturated carbocycles. The van der Waals surface area contributed by atoms with Crippen LogP contribution in [0, 0.1) is 0 Å². The van der Waals surface area contributed by atoms with Gasteiger partial charge in [-0.1, -0.05) is 103 Å². The molecular formula is C32H26N2O5S. The Morgan fingerprint density at radius 1 is 0.700 bits per heavy atom. The highest BCUT2D eigenvalue weighted by atomic mass is 32.2. The van der Waals surface area contributed by atoms with Gasteiger partial charge in [0, 0.05) is 5.75 Å². The second-order valence-electron chi connectivity index (χ2n) is 9.29. The van der Waals surface area contributed by atoms with Gasteiger partial charge in [-0.05, 0) is 28.8 Å². The Labute approximate surface area is 235 Å². The lowest BCUT2D eigenvalue weighted by Crippen LogP contribution is -2.48. The lowest BCUT2D eigenvalue weighted by molar-refractivity contribution is -0.141. The van der Waals surface area contributed by atoms with Gasteiger partial charge in [-0.2, -0.15) is 0 Å². The van der Waals surface area contributed by atoms with Crippen molar-refractivity contribution in [2.24, 2.45) is 0 Å².